The van der Waals surface area contributed by atoms with Crippen LogP contribution in [0.25, 0.3) is 21.7 Å². The van der Waals surface area contributed by atoms with Crippen LogP contribution >= 0.6 is 11.3 Å². The molecule has 5 rings (SSSR count). The standard InChI is InChI=1S/C19H17N5S/c1-3-15-14(10-21-18(15)20-6-1)11-24-7-5-13-9-22-19(23-16(13)12-24)17-4-2-8-25-17/h1-4,6,8-10H,5,7,11-12H2,(H,20,21). The van der Waals surface area contributed by atoms with Gasteiger partial charge in [0.1, 0.15) is 5.65 Å². The summed E-state index contributed by atoms with van der Waals surface area (Å²) in [6, 6.07) is 8.24. The Morgan fingerprint density at radius 3 is 3.12 bits per heavy atom. The van der Waals surface area contributed by atoms with E-state index in [4.69, 9.17) is 4.98 Å². The maximum absolute atomic E-state index is 4.84. The van der Waals surface area contributed by atoms with Gasteiger partial charge in [-0.15, -0.1) is 11.3 Å². The highest BCUT2D eigenvalue weighted by Gasteiger charge is 2.20. The van der Waals surface area contributed by atoms with Crippen molar-refractivity contribution in [3.63, 3.8) is 0 Å². The summed E-state index contributed by atoms with van der Waals surface area (Å²) in [6.07, 6.45) is 6.90. The number of nitrogens with zero attached hydrogens (tertiary/aromatic N) is 4. The Labute approximate surface area is 149 Å². The van der Waals surface area contributed by atoms with Crippen LogP contribution in [0, 0.1) is 0 Å². The Morgan fingerprint density at radius 2 is 2.20 bits per heavy atom. The molecule has 0 amide bonds. The maximum Gasteiger partial charge on any atom is 0.169 e. The van der Waals surface area contributed by atoms with Gasteiger partial charge in [0.05, 0.1) is 10.6 Å². The highest BCUT2D eigenvalue weighted by atomic mass is 32.1. The van der Waals surface area contributed by atoms with E-state index in [0.717, 1.165) is 48.1 Å². The second-order valence-corrected chi connectivity index (χ2v) is 7.26. The van der Waals surface area contributed by atoms with E-state index in [1.54, 1.807) is 11.3 Å². The van der Waals surface area contributed by atoms with E-state index in [2.05, 4.69) is 43.6 Å². The smallest absolute Gasteiger partial charge is 0.169 e. The fraction of sp³-hybridized carbons (Fsp3) is 0.211. The van der Waals surface area contributed by atoms with Gasteiger partial charge in [-0.25, -0.2) is 15.0 Å². The van der Waals surface area contributed by atoms with Crippen molar-refractivity contribution in [2.24, 2.45) is 0 Å². The van der Waals surface area contributed by atoms with Gasteiger partial charge in [0.2, 0.25) is 0 Å². The van der Waals surface area contributed by atoms with E-state index in [0.29, 0.717) is 0 Å². The second-order valence-electron chi connectivity index (χ2n) is 6.32. The molecule has 0 atom stereocenters. The molecule has 1 aliphatic rings. The van der Waals surface area contributed by atoms with Crippen molar-refractivity contribution >= 4 is 22.4 Å². The molecule has 0 unspecified atom stereocenters. The van der Waals surface area contributed by atoms with E-state index >= 15 is 0 Å². The lowest BCUT2D eigenvalue weighted by Gasteiger charge is -2.27. The van der Waals surface area contributed by atoms with Crippen molar-refractivity contribution in [2.45, 2.75) is 19.5 Å². The molecule has 1 N–H and O–H groups in total. The van der Waals surface area contributed by atoms with Crippen LogP contribution in [-0.2, 0) is 19.5 Å². The number of hydrogen-bond donors (Lipinski definition) is 1. The summed E-state index contributed by atoms with van der Waals surface area (Å²) in [5.74, 6) is 0.840. The summed E-state index contributed by atoms with van der Waals surface area (Å²) in [5, 5.41) is 3.27. The van der Waals surface area contributed by atoms with E-state index in [-0.39, 0.29) is 0 Å². The third-order valence-corrected chi connectivity index (χ3v) is 5.56. The number of aromatic nitrogens is 4. The minimum absolute atomic E-state index is 0.840. The summed E-state index contributed by atoms with van der Waals surface area (Å²) in [4.78, 5) is 20.6. The van der Waals surface area contributed by atoms with Crippen LogP contribution in [0.2, 0.25) is 0 Å². The summed E-state index contributed by atoms with van der Waals surface area (Å²) < 4.78 is 0. The highest BCUT2D eigenvalue weighted by Crippen LogP contribution is 2.25. The molecule has 5 nitrogen and oxygen atoms in total. The van der Waals surface area contributed by atoms with Crippen molar-refractivity contribution in [1.82, 2.24) is 24.8 Å². The molecule has 0 radical (unpaired) electrons. The monoisotopic (exact) mass is 347 g/mol. The van der Waals surface area contributed by atoms with E-state index in [1.165, 1.54) is 16.5 Å². The van der Waals surface area contributed by atoms with Crippen LogP contribution in [0.5, 0.6) is 0 Å². The molecule has 4 aromatic rings. The normalized spacial score (nSPS) is 14.7. The third kappa shape index (κ3) is 2.73. The molecule has 0 bridgehead atoms. The highest BCUT2D eigenvalue weighted by molar-refractivity contribution is 7.13. The average molecular weight is 347 g/mol. The Hall–Kier alpha value is -2.57. The molecule has 0 saturated heterocycles. The predicted octanol–water partition coefficient (Wildman–Crippen LogP) is 3.64. The van der Waals surface area contributed by atoms with Gasteiger partial charge in [-0.05, 0) is 41.1 Å². The Balaban J connectivity index is 1.41. The zero-order valence-electron chi connectivity index (χ0n) is 13.6. The lowest BCUT2D eigenvalue weighted by molar-refractivity contribution is 0.242. The van der Waals surface area contributed by atoms with Gasteiger partial charge in [0.15, 0.2) is 5.82 Å². The molecule has 6 heteroatoms. The Morgan fingerprint density at radius 1 is 1.20 bits per heavy atom. The molecule has 1 aliphatic heterocycles. The van der Waals surface area contributed by atoms with E-state index in [1.807, 2.05) is 24.5 Å². The lowest BCUT2D eigenvalue weighted by atomic mass is 10.1. The number of fused-ring (bicyclic) bond motifs is 2. The van der Waals surface area contributed by atoms with E-state index in [9.17, 15) is 0 Å². The van der Waals surface area contributed by atoms with Gasteiger partial charge in [-0.2, -0.15) is 0 Å². The molecular weight excluding hydrogens is 330 g/mol. The first-order valence-corrected chi connectivity index (χ1v) is 9.27. The average Bonchev–Trinajstić information content (AvgIpc) is 3.32. The molecule has 4 aromatic heterocycles. The molecule has 5 heterocycles. The van der Waals surface area contributed by atoms with Gasteiger partial charge < -0.3 is 4.98 Å². The van der Waals surface area contributed by atoms with Crippen LogP contribution < -0.4 is 0 Å². The minimum atomic E-state index is 0.840. The number of thiophene rings is 1. The number of pyridine rings is 1. The van der Waals surface area contributed by atoms with Crippen molar-refractivity contribution in [3.8, 4) is 10.7 Å². The van der Waals surface area contributed by atoms with Gasteiger partial charge in [-0.3, -0.25) is 4.90 Å². The quantitative estimate of drug-likeness (QED) is 0.615. The summed E-state index contributed by atoms with van der Waals surface area (Å²) in [7, 11) is 0. The molecule has 124 valence electrons. The van der Waals surface area contributed by atoms with Gasteiger partial charge in [0.25, 0.3) is 0 Å². The number of H-pyrrole nitrogens is 1. The summed E-state index contributed by atoms with van der Waals surface area (Å²) >= 11 is 1.68. The minimum Gasteiger partial charge on any atom is -0.346 e. The first kappa shape index (κ1) is 14.7. The van der Waals surface area contributed by atoms with Crippen molar-refractivity contribution in [3.05, 3.63) is 65.1 Å². The molecular formula is C19H17N5S. The van der Waals surface area contributed by atoms with Gasteiger partial charge >= 0.3 is 0 Å². The van der Waals surface area contributed by atoms with Crippen LogP contribution in [0.3, 0.4) is 0 Å². The number of hydrogen-bond acceptors (Lipinski definition) is 5. The Kier molecular flexibility index (Phi) is 3.57. The fourth-order valence-electron chi connectivity index (χ4n) is 3.40. The molecule has 0 aromatic carbocycles. The zero-order valence-corrected chi connectivity index (χ0v) is 14.5. The van der Waals surface area contributed by atoms with Gasteiger partial charge in [-0.1, -0.05) is 6.07 Å². The summed E-state index contributed by atoms with van der Waals surface area (Å²) in [6.45, 7) is 2.80. The fourth-order valence-corrected chi connectivity index (χ4v) is 4.07. The van der Waals surface area contributed by atoms with Crippen LogP contribution in [0.15, 0.2) is 48.2 Å². The summed E-state index contributed by atoms with van der Waals surface area (Å²) in [5.41, 5.74) is 4.68. The molecule has 0 aliphatic carbocycles. The second kappa shape index (κ2) is 6.06. The lowest BCUT2D eigenvalue weighted by Crippen LogP contribution is -2.31. The van der Waals surface area contributed by atoms with Gasteiger partial charge in [0, 0.05) is 43.6 Å². The first-order chi connectivity index (χ1) is 12.4. The molecule has 0 saturated carbocycles. The van der Waals surface area contributed by atoms with Crippen molar-refractivity contribution in [2.75, 3.05) is 6.54 Å². The van der Waals surface area contributed by atoms with Crippen molar-refractivity contribution in [1.29, 1.82) is 0 Å². The zero-order chi connectivity index (χ0) is 16.6. The maximum atomic E-state index is 4.84. The Bertz CT molecular complexity index is 1020. The third-order valence-electron chi connectivity index (χ3n) is 4.70. The predicted molar refractivity (Wildman–Crippen MR) is 99.3 cm³/mol. The largest absolute Gasteiger partial charge is 0.346 e. The topological polar surface area (TPSA) is 57.7 Å². The van der Waals surface area contributed by atoms with Crippen LogP contribution in [-0.4, -0.2) is 31.4 Å². The van der Waals surface area contributed by atoms with E-state index < -0.39 is 0 Å². The van der Waals surface area contributed by atoms with Crippen LogP contribution in [0.4, 0.5) is 0 Å². The van der Waals surface area contributed by atoms with Crippen molar-refractivity contribution < 1.29 is 0 Å². The number of rotatable bonds is 3. The molecule has 0 fully saturated rings. The molecule has 25 heavy (non-hydrogen) atoms. The van der Waals surface area contributed by atoms with Crippen LogP contribution in [0.1, 0.15) is 16.8 Å². The number of nitrogens with one attached hydrogen (secondary N) is 1. The first-order valence-electron chi connectivity index (χ1n) is 8.39. The number of aromatic amines is 1. The molecule has 0 spiro atoms. The SMILES string of the molecule is c1csc(-c2ncc3c(n2)CN(Cc2c[nH]c4ncccc24)CC3)c1.